The third kappa shape index (κ3) is 3.46. The molecule has 5 nitrogen and oxygen atoms in total. The Kier molecular flexibility index (Phi) is 4.22. The smallest absolute Gasteiger partial charge is 0.354 e. The van der Waals surface area contributed by atoms with E-state index >= 15 is 0 Å². The molecule has 0 aliphatic rings. The van der Waals surface area contributed by atoms with Gasteiger partial charge in [-0.1, -0.05) is 29.3 Å². The fourth-order valence-electron chi connectivity index (χ4n) is 1.50. The van der Waals surface area contributed by atoms with Crippen molar-refractivity contribution in [1.82, 2.24) is 4.98 Å². The summed E-state index contributed by atoms with van der Waals surface area (Å²) < 4.78 is 0. The van der Waals surface area contributed by atoms with Gasteiger partial charge in [0.2, 0.25) is 0 Å². The number of aromatic carboxylic acids is 1. The number of carboxylic acid groups (broad SMARTS) is 1. The van der Waals surface area contributed by atoms with Crippen LogP contribution < -0.4 is 5.32 Å². The summed E-state index contributed by atoms with van der Waals surface area (Å²) in [5.41, 5.74) is 0.179. The minimum atomic E-state index is -1.20. The number of halogens is 2. The first-order valence-electron chi connectivity index (χ1n) is 5.43. The number of carbonyl (C=O) groups is 2. The highest BCUT2D eigenvalue weighted by Crippen LogP contribution is 2.22. The molecule has 2 N–H and O–H groups in total. The van der Waals surface area contributed by atoms with Gasteiger partial charge in [0.25, 0.3) is 5.91 Å². The Hall–Kier alpha value is -2.11. The van der Waals surface area contributed by atoms with Crippen molar-refractivity contribution >= 4 is 40.8 Å². The van der Waals surface area contributed by atoms with Crippen LogP contribution in [-0.4, -0.2) is 22.0 Å². The van der Waals surface area contributed by atoms with Crippen LogP contribution in [0.25, 0.3) is 0 Å². The minimum absolute atomic E-state index is 0.0130. The molecule has 20 heavy (non-hydrogen) atoms. The number of anilines is 1. The zero-order valence-electron chi connectivity index (χ0n) is 9.93. The topological polar surface area (TPSA) is 79.3 Å². The zero-order chi connectivity index (χ0) is 14.7. The van der Waals surface area contributed by atoms with Crippen molar-refractivity contribution in [3.8, 4) is 0 Å². The number of amides is 1. The Morgan fingerprint density at radius 2 is 1.65 bits per heavy atom. The molecule has 0 atom stereocenters. The molecule has 1 aromatic carbocycles. The second kappa shape index (κ2) is 5.90. The Balaban J connectivity index is 2.23. The van der Waals surface area contributed by atoms with Crippen LogP contribution in [0.1, 0.15) is 21.0 Å². The molecule has 7 heteroatoms. The van der Waals surface area contributed by atoms with Gasteiger partial charge in [-0.15, -0.1) is 0 Å². The molecule has 0 bridgehead atoms. The highest BCUT2D eigenvalue weighted by Gasteiger charge is 2.12. The lowest BCUT2D eigenvalue weighted by atomic mass is 10.2. The van der Waals surface area contributed by atoms with Gasteiger partial charge in [0, 0.05) is 15.7 Å². The van der Waals surface area contributed by atoms with Crippen LogP contribution >= 0.6 is 23.2 Å². The molecule has 0 fully saturated rings. The Morgan fingerprint density at radius 3 is 2.25 bits per heavy atom. The van der Waals surface area contributed by atoms with Crippen LogP contribution in [0.5, 0.6) is 0 Å². The van der Waals surface area contributed by atoms with E-state index < -0.39 is 11.9 Å². The predicted molar refractivity (Wildman–Crippen MR) is 75.6 cm³/mol. The van der Waals surface area contributed by atoms with Gasteiger partial charge >= 0.3 is 5.97 Å². The first-order chi connectivity index (χ1) is 9.45. The molecular weight excluding hydrogens is 303 g/mol. The van der Waals surface area contributed by atoms with Crippen molar-refractivity contribution in [3.63, 3.8) is 0 Å². The van der Waals surface area contributed by atoms with Gasteiger partial charge in [-0.25, -0.2) is 9.78 Å². The SMILES string of the molecule is O=C(O)c1cccc(C(=O)Nc2cc(Cl)cc(Cl)c2)n1. The number of benzene rings is 1. The van der Waals surface area contributed by atoms with Crippen molar-refractivity contribution in [2.75, 3.05) is 5.32 Å². The van der Waals surface area contributed by atoms with E-state index in [1.165, 1.54) is 36.4 Å². The Labute approximate surface area is 124 Å². The number of nitrogens with one attached hydrogen (secondary N) is 1. The Bertz CT molecular complexity index is 669. The van der Waals surface area contributed by atoms with Crippen LogP contribution in [0.15, 0.2) is 36.4 Å². The van der Waals surface area contributed by atoms with E-state index in [-0.39, 0.29) is 11.4 Å². The lowest BCUT2D eigenvalue weighted by Gasteiger charge is -2.06. The number of pyridine rings is 1. The molecule has 1 aromatic heterocycles. The first kappa shape index (κ1) is 14.3. The molecule has 0 spiro atoms. The van der Waals surface area contributed by atoms with Crippen molar-refractivity contribution in [2.24, 2.45) is 0 Å². The second-order valence-corrected chi connectivity index (χ2v) is 4.70. The molecular formula is C13H8Cl2N2O3. The molecule has 1 amide bonds. The maximum absolute atomic E-state index is 12.0. The molecule has 0 saturated heterocycles. The molecule has 0 radical (unpaired) electrons. The fourth-order valence-corrected chi connectivity index (χ4v) is 2.03. The van der Waals surface area contributed by atoms with Gasteiger partial charge in [0.05, 0.1) is 0 Å². The normalized spacial score (nSPS) is 10.1. The van der Waals surface area contributed by atoms with Gasteiger partial charge in [-0.2, -0.15) is 0 Å². The summed E-state index contributed by atoms with van der Waals surface area (Å²) in [7, 11) is 0. The molecule has 0 aliphatic carbocycles. The highest BCUT2D eigenvalue weighted by atomic mass is 35.5. The fraction of sp³-hybridized carbons (Fsp3) is 0. The van der Waals surface area contributed by atoms with Gasteiger partial charge in [0.15, 0.2) is 0 Å². The summed E-state index contributed by atoms with van der Waals surface area (Å²) in [6, 6.07) is 8.72. The van der Waals surface area contributed by atoms with E-state index in [0.29, 0.717) is 15.7 Å². The van der Waals surface area contributed by atoms with E-state index in [2.05, 4.69) is 10.3 Å². The summed E-state index contributed by atoms with van der Waals surface area (Å²) in [6.45, 7) is 0. The van der Waals surface area contributed by atoms with Crippen molar-refractivity contribution in [1.29, 1.82) is 0 Å². The third-order valence-electron chi connectivity index (χ3n) is 2.32. The Morgan fingerprint density at radius 1 is 1.05 bits per heavy atom. The number of hydrogen-bond acceptors (Lipinski definition) is 3. The van der Waals surface area contributed by atoms with E-state index in [1.54, 1.807) is 0 Å². The summed E-state index contributed by atoms with van der Waals surface area (Å²) in [5.74, 6) is -1.75. The molecule has 2 aromatic rings. The number of nitrogens with zero attached hydrogens (tertiary/aromatic N) is 1. The number of carboxylic acids is 1. The van der Waals surface area contributed by atoms with Crippen LogP contribution in [0.4, 0.5) is 5.69 Å². The van der Waals surface area contributed by atoms with E-state index in [4.69, 9.17) is 28.3 Å². The summed E-state index contributed by atoms with van der Waals surface area (Å²) >= 11 is 11.6. The standard InChI is InChI=1S/C13H8Cl2N2O3/c14-7-4-8(15)6-9(5-7)16-12(18)10-2-1-3-11(17-10)13(19)20/h1-6H,(H,16,18)(H,19,20). The van der Waals surface area contributed by atoms with Crippen molar-refractivity contribution < 1.29 is 14.7 Å². The number of carbonyl (C=O) groups excluding carboxylic acids is 1. The quantitative estimate of drug-likeness (QED) is 0.911. The minimum Gasteiger partial charge on any atom is -0.477 e. The average Bonchev–Trinajstić information content (AvgIpc) is 2.37. The lowest BCUT2D eigenvalue weighted by Crippen LogP contribution is -2.15. The number of rotatable bonds is 3. The monoisotopic (exact) mass is 310 g/mol. The van der Waals surface area contributed by atoms with Gasteiger partial charge < -0.3 is 10.4 Å². The van der Waals surface area contributed by atoms with Crippen LogP contribution in [-0.2, 0) is 0 Å². The molecule has 0 unspecified atom stereocenters. The van der Waals surface area contributed by atoms with Gasteiger partial charge in [0.1, 0.15) is 11.4 Å². The summed E-state index contributed by atoms with van der Waals surface area (Å²) in [4.78, 5) is 26.5. The van der Waals surface area contributed by atoms with Crippen molar-refractivity contribution in [2.45, 2.75) is 0 Å². The molecule has 0 aliphatic heterocycles. The van der Waals surface area contributed by atoms with Crippen molar-refractivity contribution in [3.05, 3.63) is 57.8 Å². The van der Waals surface area contributed by atoms with E-state index in [9.17, 15) is 9.59 Å². The maximum atomic E-state index is 12.0. The average molecular weight is 311 g/mol. The molecule has 0 saturated carbocycles. The highest BCUT2D eigenvalue weighted by molar-refractivity contribution is 6.35. The van der Waals surface area contributed by atoms with Crippen LogP contribution in [0.3, 0.4) is 0 Å². The second-order valence-electron chi connectivity index (χ2n) is 3.83. The molecule has 1 heterocycles. The summed E-state index contributed by atoms with van der Waals surface area (Å²) in [5, 5.41) is 12.1. The third-order valence-corrected chi connectivity index (χ3v) is 2.76. The predicted octanol–water partition coefficient (Wildman–Crippen LogP) is 3.34. The maximum Gasteiger partial charge on any atom is 0.354 e. The van der Waals surface area contributed by atoms with Gasteiger partial charge in [-0.05, 0) is 30.3 Å². The summed E-state index contributed by atoms with van der Waals surface area (Å²) in [6.07, 6.45) is 0. The van der Waals surface area contributed by atoms with E-state index in [1.807, 2.05) is 0 Å². The van der Waals surface area contributed by atoms with Crippen LogP contribution in [0.2, 0.25) is 10.0 Å². The van der Waals surface area contributed by atoms with Gasteiger partial charge in [-0.3, -0.25) is 4.79 Å². The number of hydrogen-bond donors (Lipinski definition) is 2. The zero-order valence-corrected chi connectivity index (χ0v) is 11.4. The lowest BCUT2D eigenvalue weighted by molar-refractivity contribution is 0.0690. The molecule has 2 rings (SSSR count). The van der Waals surface area contributed by atoms with E-state index in [0.717, 1.165) is 0 Å². The molecule has 102 valence electrons. The largest absolute Gasteiger partial charge is 0.477 e. The first-order valence-corrected chi connectivity index (χ1v) is 6.19. The number of aromatic nitrogens is 1. The van der Waals surface area contributed by atoms with Crippen LogP contribution in [0, 0.1) is 0 Å².